The molecule has 0 aliphatic carbocycles. The number of thioether (sulfide) groups is 1. The summed E-state index contributed by atoms with van der Waals surface area (Å²) in [6.07, 6.45) is 1.86. The molecule has 0 saturated heterocycles. The molecule has 0 saturated carbocycles. The van der Waals surface area contributed by atoms with Crippen molar-refractivity contribution in [1.29, 1.82) is 0 Å². The topological polar surface area (TPSA) is 0 Å². The summed E-state index contributed by atoms with van der Waals surface area (Å²) in [6, 6.07) is 10.3. The number of benzene rings is 1. The Morgan fingerprint density at radius 1 is 1.33 bits per heavy atom. The van der Waals surface area contributed by atoms with Crippen molar-refractivity contribution in [3.8, 4) is 0 Å². The summed E-state index contributed by atoms with van der Waals surface area (Å²) in [6.45, 7) is 5.74. The Morgan fingerprint density at radius 3 is 2.58 bits per heavy atom. The lowest BCUT2D eigenvalue weighted by molar-refractivity contribution is 1.47. The first-order chi connectivity index (χ1) is 5.83. The molecule has 1 rings (SSSR count). The Hall–Kier alpha value is -0.950. The minimum Gasteiger partial charge on any atom is -0.0988 e. The van der Waals surface area contributed by atoms with Gasteiger partial charge in [-0.25, -0.2) is 0 Å². The Balaban J connectivity index is 2.60. The fourth-order valence-corrected chi connectivity index (χ4v) is 1.44. The van der Waals surface area contributed by atoms with Crippen LogP contribution in [0.1, 0.15) is 6.92 Å². The monoisotopic (exact) mass is 176 g/mol. The molecule has 0 fully saturated rings. The van der Waals surface area contributed by atoms with Gasteiger partial charge in [-0.15, -0.1) is 0 Å². The molecule has 0 radical (unpaired) electrons. The van der Waals surface area contributed by atoms with Gasteiger partial charge in [0.15, 0.2) is 0 Å². The van der Waals surface area contributed by atoms with Gasteiger partial charge in [0.05, 0.1) is 0 Å². The molecular weight excluding hydrogens is 164 g/mol. The number of rotatable bonds is 3. The summed E-state index contributed by atoms with van der Waals surface area (Å²) in [5, 5.41) is 2.10. The highest BCUT2D eigenvalue weighted by Crippen LogP contribution is 2.19. The van der Waals surface area contributed by atoms with Crippen LogP contribution in [0.5, 0.6) is 0 Å². The van der Waals surface area contributed by atoms with Gasteiger partial charge >= 0.3 is 0 Å². The molecular formula is C11H12S. The first kappa shape index (κ1) is 9.14. The quantitative estimate of drug-likeness (QED) is 0.497. The predicted molar refractivity (Wildman–Crippen MR) is 56.3 cm³/mol. The number of hydrogen-bond donors (Lipinski definition) is 0. The number of hydrogen-bond acceptors (Lipinski definition) is 1. The van der Waals surface area contributed by atoms with Gasteiger partial charge in [0.1, 0.15) is 0 Å². The zero-order valence-corrected chi connectivity index (χ0v) is 7.97. The smallest absolute Gasteiger partial charge is 0.0116 e. The van der Waals surface area contributed by atoms with Gasteiger partial charge in [0.2, 0.25) is 0 Å². The van der Waals surface area contributed by atoms with E-state index in [2.05, 4.69) is 24.1 Å². The molecule has 0 atom stereocenters. The van der Waals surface area contributed by atoms with E-state index in [9.17, 15) is 0 Å². The maximum absolute atomic E-state index is 3.69. The van der Waals surface area contributed by atoms with Gasteiger partial charge in [-0.1, -0.05) is 42.6 Å². The van der Waals surface area contributed by atoms with E-state index in [-0.39, 0.29) is 0 Å². The van der Waals surface area contributed by atoms with Crippen LogP contribution in [0.15, 0.2) is 58.9 Å². The summed E-state index contributed by atoms with van der Waals surface area (Å²) < 4.78 is 0. The van der Waals surface area contributed by atoms with Crippen molar-refractivity contribution in [1.82, 2.24) is 0 Å². The van der Waals surface area contributed by atoms with Crippen molar-refractivity contribution < 1.29 is 0 Å². The van der Waals surface area contributed by atoms with Crippen LogP contribution in [0, 0.1) is 0 Å². The highest BCUT2D eigenvalue weighted by atomic mass is 32.2. The second kappa shape index (κ2) is 4.83. The zero-order chi connectivity index (χ0) is 8.81. The highest BCUT2D eigenvalue weighted by Gasteiger charge is 1.87. The van der Waals surface area contributed by atoms with Crippen molar-refractivity contribution in [3.05, 3.63) is 54.0 Å². The zero-order valence-electron chi connectivity index (χ0n) is 7.16. The van der Waals surface area contributed by atoms with Gasteiger partial charge in [-0.2, -0.15) is 0 Å². The van der Waals surface area contributed by atoms with Gasteiger partial charge in [-0.05, 0) is 30.0 Å². The molecule has 0 unspecified atom stereocenters. The lowest BCUT2D eigenvalue weighted by atomic mass is 10.4. The fourth-order valence-electron chi connectivity index (χ4n) is 0.708. The molecule has 1 aromatic carbocycles. The molecule has 0 amide bonds. The summed E-state index contributed by atoms with van der Waals surface area (Å²) >= 11 is 1.72. The summed E-state index contributed by atoms with van der Waals surface area (Å²) in [5.41, 5.74) is 1.20. The van der Waals surface area contributed by atoms with E-state index in [0.29, 0.717) is 0 Å². The molecule has 12 heavy (non-hydrogen) atoms. The van der Waals surface area contributed by atoms with Gasteiger partial charge in [0, 0.05) is 4.90 Å². The predicted octanol–water partition coefficient (Wildman–Crippen LogP) is 3.87. The van der Waals surface area contributed by atoms with E-state index in [4.69, 9.17) is 0 Å². The Kier molecular flexibility index (Phi) is 3.68. The standard InChI is InChI=1S/C11H12S/c1-3-10(2)9-12-11-7-5-4-6-8-11/h3-9H,1H2,2H3. The van der Waals surface area contributed by atoms with E-state index in [0.717, 1.165) is 0 Å². The van der Waals surface area contributed by atoms with Gasteiger partial charge in [-0.3, -0.25) is 0 Å². The van der Waals surface area contributed by atoms with E-state index >= 15 is 0 Å². The third kappa shape index (κ3) is 2.97. The largest absolute Gasteiger partial charge is 0.0988 e. The van der Waals surface area contributed by atoms with Crippen LogP contribution in [0.25, 0.3) is 0 Å². The van der Waals surface area contributed by atoms with Crippen molar-refractivity contribution >= 4 is 11.8 Å². The Bertz CT molecular complexity index is 272. The normalized spacial score (nSPS) is 11.2. The number of allylic oxidation sites excluding steroid dienone is 2. The average molecular weight is 176 g/mol. The molecule has 0 heterocycles. The summed E-state index contributed by atoms with van der Waals surface area (Å²) in [7, 11) is 0. The van der Waals surface area contributed by atoms with Crippen LogP contribution in [-0.4, -0.2) is 0 Å². The van der Waals surface area contributed by atoms with E-state index in [1.54, 1.807) is 11.8 Å². The lowest BCUT2D eigenvalue weighted by Gasteiger charge is -1.94. The molecule has 1 aromatic rings. The van der Waals surface area contributed by atoms with E-state index < -0.39 is 0 Å². The average Bonchev–Trinajstić information content (AvgIpc) is 2.16. The Morgan fingerprint density at radius 2 is 2.00 bits per heavy atom. The van der Waals surface area contributed by atoms with Crippen LogP contribution in [0.4, 0.5) is 0 Å². The lowest BCUT2D eigenvalue weighted by Crippen LogP contribution is -1.66. The molecule has 62 valence electrons. The molecule has 0 spiro atoms. The summed E-state index contributed by atoms with van der Waals surface area (Å²) in [4.78, 5) is 1.26. The van der Waals surface area contributed by atoms with Crippen LogP contribution < -0.4 is 0 Å². The molecule has 0 nitrogen and oxygen atoms in total. The molecule has 0 aliphatic rings. The third-order valence-corrected chi connectivity index (χ3v) is 2.48. The van der Waals surface area contributed by atoms with Gasteiger partial charge in [0.25, 0.3) is 0 Å². The van der Waals surface area contributed by atoms with Crippen molar-refractivity contribution in [2.24, 2.45) is 0 Å². The highest BCUT2D eigenvalue weighted by molar-refractivity contribution is 8.02. The first-order valence-corrected chi connectivity index (χ1v) is 4.72. The van der Waals surface area contributed by atoms with Crippen molar-refractivity contribution in [2.75, 3.05) is 0 Å². The fraction of sp³-hybridized carbons (Fsp3) is 0.0909. The van der Waals surface area contributed by atoms with Crippen LogP contribution in [-0.2, 0) is 0 Å². The molecule has 0 N–H and O–H groups in total. The second-order valence-electron chi connectivity index (χ2n) is 2.50. The minimum atomic E-state index is 1.20. The third-order valence-electron chi connectivity index (χ3n) is 1.45. The maximum atomic E-state index is 3.69. The van der Waals surface area contributed by atoms with Crippen LogP contribution in [0.2, 0.25) is 0 Å². The SMILES string of the molecule is C=CC(C)=CSc1ccccc1. The van der Waals surface area contributed by atoms with E-state index in [1.807, 2.05) is 31.2 Å². The Labute approximate surface area is 78.0 Å². The molecule has 1 heteroatoms. The van der Waals surface area contributed by atoms with Crippen molar-refractivity contribution in [2.45, 2.75) is 11.8 Å². The van der Waals surface area contributed by atoms with E-state index in [1.165, 1.54) is 10.5 Å². The first-order valence-electron chi connectivity index (χ1n) is 3.84. The van der Waals surface area contributed by atoms with Crippen LogP contribution >= 0.6 is 11.8 Å². The summed E-state index contributed by atoms with van der Waals surface area (Å²) in [5.74, 6) is 0. The van der Waals surface area contributed by atoms with Crippen molar-refractivity contribution in [3.63, 3.8) is 0 Å². The minimum absolute atomic E-state index is 1.20. The molecule has 0 aromatic heterocycles. The molecule has 0 bridgehead atoms. The second-order valence-corrected chi connectivity index (χ2v) is 3.44. The van der Waals surface area contributed by atoms with Crippen LogP contribution in [0.3, 0.4) is 0 Å². The van der Waals surface area contributed by atoms with Gasteiger partial charge < -0.3 is 0 Å². The maximum Gasteiger partial charge on any atom is 0.0116 e. The molecule has 0 aliphatic heterocycles.